The summed E-state index contributed by atoms with van der Waals surface area (Å²) in [5.74, 6) is 1.44. The lowest BCUT2D eigenvalue weighted by atomic mass is 9.97. The molecule has 4 heterocycles. The van der Waals surface area contributed by atoms with E-state index in [0.717, 1.165) is 80.9 Å². The first-order valence-corrected chi connectivity index (χ1v) is 16.7. The van der Waals surface area contributed by atoms with Crippen molar-refractivity contribution in [3.63, 3.8) is 0 Å². The van der Waals surface area contributed by atoms with E-state index in [-0.39, 0.29) is 17.9 Å². The number of carbonyl (C=O) groups is 1. The standard InChI is InChI=1S/C39H40N6O4/c1-39(2,3)49-38(46)44-18-17-27(23-44)32-16-12-26(21-41-32)35-37-33(45(43-35)22-24-9-13-28(47-4)14-10-24)19-34(48-5)36(42-37)31-8-6-7-29-25(20-40)11-15-30(29)31/h6-10,12-14,16,19,21,25,27H,11,15,17-18,22-23H2,1-5H3. The summed E-state index contributed by atoms with van der Waals surface area (Å²) in [5, 5.41) is 14.9. The van der Waals surface area contributed by atoms with E-state index >= 15 is 0 Å². The molecule has 7 rings (SSSR count). The van der Waals surface area contributed by atoms with E-state index in [4.69, 9.17) is 29.3 Å². The Morgan fingerprint density at radius 1 is 1.02 bits per heavy atom. The summed E-state index contributed by atoms with van der Waals surface area (Å²) in [6.45, 7) is 7.36. The molecule has 2 aromatic carbocycles. The van der Waals surface area contributed by atoms with Crippen LogP contribution in [0.5, 0.6) is 11.5 Å². The number of methoxy groups -OCH3 is 2. The fraction of sp³-hybridized carbons (Fsp3) is 0.359. The number of ether oxygens (including phenoxy) is 3. The number of hydrogen-bond donors (Lipinski definition) is 0. The van der Waals surface area contributed by atoms with Crippen LogP contribution >= 0.6 is 0 Å². The average molecular weight is 657 g/mol. The smallest absolute Gasteiger partial charge is 0.410 e. The van der Waals surface area contributed by atoms with Gasteiger partial charge < -0.3 is 19.1 Å². The van der Waals surface area contributed by atoms with Crippen molar-refractivity contribution >= 4 is 17.1 Å². The molecule has 2 unspecified atom stereocenters. The van der Waals surface area contributed by atoms with Crippen LogP contribution < -0.4 is 9.47 Å². The quantitative estimate of drug-likeness (QED) is 0.177. The molecular weight excluding hydrogens is 616 g/mol. The van der Waals surface area contributed by atoms with Gasteiger partial charge in [-0.1, -0.05) is 30.3 Å². The van der Waals surface area contributed by atoms with Crippen LogP contribution in [0.4, 0.5) is 4.79 Å². The van der Waals surface area contributed by atoms with E-state index in [2.05, 4.69) is 12.1 Å². The van der Waals surface area contributed by atoms with Crippen molar-refractivity contribution in [3.8, 4) is 40.1 Å². The Hall–Kier alpha value is -5.43. The average Bonchev–Trinajstić information content (AvgIpc) is 3.85. The first-order chi connectivity index (χ1) is 23.6. The van der Waals surface area contributed by atoms with Gasteiger partial charge in [0, 0.05) is 48.1 Å². The number of nitrogens with zero attached hydrogens (tertiary/aromatic N) is 6. The van der Waals surface area contributed by atoms with Crippen molar-refractivity contribution in [2.75, 3.05) is 27.3 Å². The Morgan fingerprint density at radius 2 is 1.84 bits per heavy atom. The molecule has 0 spiro atoms. The minimum atomic E-state index is -0.536. The zero-order valence-corrected chi connectivity index (χ0v) is 28.6. The molecule has 1 aliphatic heterocycles. The van der Waals surface area contributed by atoms with Gasteiger partial charge in [0.25, 0.3) is 0 Å². The van der Waals surface area contributed by atoms with E-state index in [9.17, 15) is 10.1 Å². The summed E-state index contributed by atoms with van der Waals surface area (Å²) in [4.78, 5) is 24.6. The second-order valence-electron chi connectivity index (χ2n) is 13.7. The van der Waals surface area contributed by atoms with Gasteiger partial charge >= 0.3 is 6.09 Å². The number of hydrogen-bond acceptors (Lipinski definition) is 8. The SMILES string of the molecule is COc1ccc(Cn2nc(-c3ccc(C4CCN(C(=O)OC(C)(C)C)C4)nc3)c3nc(-c4cccc5c4CCC5C#N)c(OC)cc32)cc1. The Bertz CT molecular complexity index is 2060. The van der Waals surface area contributed by atoms with Gasteiger partial charge in [-0.2, -0.15) is 10.4 Å². The lowest BCUT2D eigenvalue weighted by molar-refractivity contribution is 0.0292. The number of likely N-dealkylation sites (tertiary alicyclic amines) is 1. The number of carbonyl (C=O) groups excluding carboxylic acids is 1. The van der Waals surface area contributed by atoms with Crippen molar-refractivity contribution < 1.29 is 19.0 Å². The minimum absolute atomic E-state index is 0.117. The van der Waals surface area contributed by atoms with Crippen LogP contribution in [0.25, 0.3) is 33.5 Å². The monoisotopic (exact) mass is 656 g/mol. The largest absolute Gasteiger partial charge is 0.497 e. The molecule has 5 aromatic rings. The summed E-state index contributed by atoms with van der Waals surface area (Å²) in [7, 11) is 3.32. The Morgan fingerprint density at radius 3 is 2.53 bits per heavy atom. The molecule has 2 atom stereocenters. The van der Waals surface area contributed by atoms with Crippen LogP contribution in [0.15, 0.2) is 66.9 Å². The molecule has 2 aliphatic rings. The molecular formula is C39H40N6O4. The molecule has 1 fully saturated rings. The molecule has 10 heteroatoms. The summed E-state index contributed by atoms with van der Waals surface area (Å²) in [5.41, 5.74) is 8.51. The molecule has 1 amide bonds. The van der Waals surface area contributed by atoms with Gasteiger partial charge in [-0.15, -0.1) is 0 Å². The third-order valence-electron chi connectivity index (χ3n) is 9.40. The van der Waals surface area contributed by atoms with Crippen LogP contribution in [0, 0.1) is 11.3 Å². The van der Waals surface area contributed by atoms with Gasteiger partial charge in [0.1, 0.15) is 34.0 Å². The number of amides is 1. The zero-order valence-electron chi connectivity index (χ0n) is 28.6. The number of fused-ring (bicyclic) bond motifs is 2. The van der Waals surface area contributed by atoms with Crippen molar-refractivity contribution in [1.29, 1.82) is 5.26 Å². The predicted molar refractivity (Wildman–Crippen MR) is 187 cm³/mol. The highest BCUT2D eigenvalue weighted by atomic mass is 16.6. The van der Waals surface area contributed by atoms with Crippen molar-refractivity contribution in [3.05, 3.63) is 89.2 Å². The van der Waals surface area contributed by atoms with Crippen molar-refractivity contribution in [2.24, 2.45) is 0 Å². The molecule has 250 valence electrons. The first kappa shape index (κ1) is 32.1. The van der Waals surface area contributed by atoms with E-state index < -0.39 is 5.60 Å². The topological polar surface area (TPSA) is 115 Å². The normalized spacial score (nSPS) is 17.2. The molecule has 1 aliphatic carbocycles. The number of aromatic nitrogens is 4. The molecule has 10 nitrogen and oxygen atoms in total. The highest BCUT2D eigenvalue weighted by Crippen LogP contribution is 2.42. The van der Waals surface area contributed by atoms with Gasteiger partial charge in [-0.25, -0.2) is 9.78 Å². The Kier molecular flexibility index (Phi) is 8.45. The van der Waals surface area contributed by atoms with E-state index in [0.29, 0.717) is 25.4 Å². The third-order valence-corrected chi connectivity index (χ3v) is 9.40. The summed E-state index contributed by atoms with van der Waals surface area (Å²) in [6, 6.07) is 22.6. The van der Waals surface area contributed by atoms with Crippen LogP contribution in [-0.4, -0.2) is 63.7 Å². The van der Waals surface area contributed by atoms with Crippen LogP contribution in [0.2, 0.25) is 0 Å². The first-order valence-electron chi connectivity index (χ1n) is 16.7. The third kappa shape index (κ3) is 6.29. The zero-order chi connectivity index (χ0) is 34.3. The van der Waals surface area contributed by atoms with Gasteiger partial charge in [0.05, 0.1) is 38.3 Å². The molecule has 3 aromatic heterocycles. The summed E-state index contributed by atoms with van der Waals surface area (Å²) < 4.78 is 18.9. The van der Waals surface area contributed by atoms with E-state index in [1.165, 1.54) is 0 Å². The summed E-state index contributed by atoms with van der Waals surface area (Å²) >= 11 is 0. The van der Waals surface area contributed by atoms with E-state index in [1.807, 2.05) is 86.2 Å². The molecule has 1 saturated heterocycles. The molecule has 49 heavy (non-hydrogen) atoms. The molecule has 0 saturated carbocycles. The van der Waals surface area contributed by atoms with Gasteiger partial charge in [0.2, 0.25) is 0 Å². The Labute approximate surface area is 286 Å². The van der Waals surface area contributed by atoms with Gasteiger partial charge in [-0.3, -0.25) is 9.67 Å². The maximum atomic E-state index is 12.7. The van der Waals surface area contributed by atoms with Crippen molar-refractivity contribution in [1.82, 2.24) is 24.6 Å². The van der Waals surface area contributed by atoms with E-state index in [1.54, 1.807) is 19.1 Å². The van der Waals surface area contributed by atoms with Crippen LogP contribution in [-0.2, 0) is 17.7 Å². The van der Waals surface area contributed by atoms with Crippen LogP contribution in [0.3, 0.4) is 0 Å². The summed E-state index contributed by atoms with van der Waals surface area (Å²) in [6.07, 6.45) is 4.00. The lowest BCUT2D eigenvalue weighted by Crippen LogP contribution is -2.35. The number of nitriles is 1. The molecule has 0 bridgehead atoms. The van der Waals surface area contributed by atoms with Crippen LogP contribution in [0.1, 0.15) is 67.8 Å². The maximum Gasteiger partial charge on any atom is 0.410 e. The van der Waals surface area contributed by atoms with Crippen molar-refractivity contribution in [2.45, 2.75) is 64.0 Å². The lowest BCUT2D eigenvalue weighted by Gasteiger charge is -2.24. The van der Waals surface area contributed by atoms with Gasteiger partial charge in [0.15, 0.2) is 0 Å². The maximum absolute atomic E-state index is 12.7. The number of benzene rings is 2. The molecule has 0 N–H and O–H groups in total. The Balaban J connectivity index is 1.28. The predicted octanol–water partition coefficient (Wildman–Crippen LogP) is 7.50. The second-order valence-corrected chi connectivity index (χ2v) is 13.7. The fourth-order valence-electron chi connectivity index (χ4n) is 6.94. The highest BCUT2D eigenvalue weighted by Gasteiger charge is 2.32. The minimum Gasteiger partial charge on any atom is -0.497 e. The fourth-order valence-corrected chi connectivity index (χ4v) is 6.94. The molecule has 0 radical (unpaired) electrons. The number of pyridine rings is 2. The highest BCUT2D eigenvalue weighted by molar-refractivity contribution is 5.93. The van der Waals surface area contributed by atoms with Gasteiger partial charge in [-0.05, 0) is 81.0 Å². The second kappa shape index (κ2) is 12.9. The number of rotatable bonds is 7.